The summed E-state index contributed by atoms with van der Waals surface area (Å²) < 4.78 is 4.85. The summed E-state index contributed by atoms with van der Waals surface area (Å²) >= 11 is 0.763. The van der Waals surface area contributed by atoms with Gasteiger partial charge in [-0.1, -0.05) is 0 Å². The van der Waals surface area contributed by atoms with Gasteiger partial charge >= 0.3 is 5.88 Å². The van der Waals surface area contributed by atoms with Gasteiger partial charge in [-0.05, 0) is 17.8 Å². The predicted molar refractivity (Wildman–Crippen MR) is 59.1 cm³/mol. The van der Waals surface area contributed by atoms with Crippen LogP contribution in [-0.4, -0.2) is 28.0 Å². The summed E-state index contributed by atoms with van der Waals surface area (Å²) in [4.78, 5) is 33.5. The number of rotatable bonds is 2. The minimum absolute atomic E-state index is 0.163. The monoisotopic (exact) mass is 254 g/mol. The molecule has 2 amide bonds. The normalized spacial score (nSPS) is 18.2. The molecule has 1 saturated heterocycles. The molecule has 1 aromatic rings. The van der Waals surface area contributed by atoms with Crippen molar-refractivity contribution in [1.29, 1.82) is 0 Å². The first-order valence-corrected chi connectivity index (χ1v) is 5.26. The fourth-order valence-corrected chi connectivity index (χ4v) is 2.00. The average Bonchev–Trinajstić information content (AvgIpc) is 2.82. The van der Waals surface area contributed by atoms with Gasteiger partial charge in [-0.25, -0.2) is 0 Å². The molecule has 0 spiro atoms. The van der Waals surface area contributed by atoms with Crippen LogP contribution in [-0.2, 0) is 4.79 Å². The number of likely N-dealkylation sites (N-methyl/N-ethyl adjacent to an activating group) is 1. The number of nitro groups is 1. The zero-order valence-electron chi connectivity index (χ0n) is 8.58. The van der Waals surface area contributed by atoms with Crippen molar-refractivity contribution in [2.45, 2.75) is 0 Å². The molecule has 0 atom stereocenters. The van der Waals surface area contributed by atoms with Gasteiger partial charge in [0.05, 0.1) is 11.0 Å². The molecule has 2 rings (SSSR count). The van der Waals surface area contributed by atoms with Crippen molar-refractivity contribution in [3.05, 3.63) is 32.9 Å². The van der Waals surface area contributed by atoms with E-state index in [9.17, 15) is 19.7 Å². The van der Waals surface area contributed by atoms with Crippen molar-refractivity contribution in [2.24, 2.45) is 0 Å². The lowest BCUT2D eigenvalue weighted by Crippen LogP contribution is -2.22. The molecule has 0 unspecified atom stereocenters. The third kappa shape index (κ3) is 2.07. The summed E-state index contributed by atoms with van der Waals surface area (Å²) in [5, 5.41) is 9.99. The Bertz CT molecular complexity index is 547. The van der Waals surface area contributed by atoms with Gasteiger partial charge in [0, 0.05) is 13.1 Å². The van der Waals surface area contributed by atoms with E-state index in [1.807, 2.05) is 0 Å². The van der Waals surface area contributed by atoms with Crippen molar-refractivity contribution in [3.8, 4) is 0 Å². The van der Waals surface area contributed by atoms with Crippen LogP contribution in [0.5, 0.6) is 0 Å². The van der Waals surface area contributed by atoms with Crippen molar-refractivity contribution in [1.82, 2.24) is 4.90 Å². The van der Waals surface area contributed by atoms with E-state index in [1.54, 1.807) is 0 Å². The Hall–Kier alpha value is -2.09. The average molecular weight is 254 g/mol. The van der Waals surface area contributed by atoms with E-state index >= 15 is 0 Å². The van der Waals surface area contributed by atoms with Crippen LogP contribution in [0.1, 0.15) is 5.76 Å². The summed E-state index contributed by atoms with van der Waals surface area (Å²) in [7, 11) is 1.36. The molecule has 0 radical (unpaired) electrons. The number of thioether (sulfide) groups is 1. The third-order valence-electron chi connectivity index (χ3n) is 2.05. The largest absolute Gasteiger partial charge is 0.433 e. The molecule has 88 valence electrons. The van der Waals surface area contributed by atoms with E-state index in [1.165, 1.54) is 25.3 Å². The van der Waals surface area contributed by atoms with Crippen LogP contribution in [0, 0.1) is 10.1 Å². The fraction of sp³-hybridized carbons (Fsp3) is 0.111. The molecule has 1 fully saturated rings. The van der Waals surface area contributed by atoms with Crippen molar-refractivity contribution >= 4 is 34.9 Å². The second kappa shape index (κ2) is 4.06. The Kier molecular flexibility index (Phi) is 2.72. The molecule has 0 bridgehead atoms. The highest BCUT2D eigenvalue weighted by Gasteiger charge is 2.32. The number of nitrogens with zero attached hydrogens (tertiary/aromatic N) is 2. The SMILES string of the molecule is CN1C(=O)S/C(=C\c2ccc([N+](=O)[O-])o2)C1=O. The van der Waals surface area contributed by atoms with Gasteiger partial charge < -0.3 is 4.42 Å². The maximum absolute atomic E-state index is 11.5. The predicted octanol–water partition coefficient (Wildman–Crippen LogP) is 1.85. The quantitative estimate of drug-likeness (QED) is 0.454. The first-order valence-electron chi connectivity index (χ1n) is 4.45. The summed E-state index contributed by atoms with van der Waals surface area (Å²) in [5.74, 6) is -0.693. The smallest absolute Gasteiger partial charge is 0.401 e. The molecule has 7 nitrogen and oxygen atoms in total. The number of carbonyl (C=O) groups excluding carboxylic acids is 2. The summed E-state index contributed by atoms with van der Waals surface area (Å²) in [6.07, 6.45) is 1.31. The fourth-order valence-electron chi connectivity index (χ4n) is 1.19. The summed E-state index contributed by atoms with van der Waals surface area (Å²) in [6, 6.07) is 2.55. The first kappa shape index (κ1) is 11.4. The van der Waals surface area contributed by atoms with Crippen LogP contribution in [0.15, 0.2) is 21.5 Å². The maximum atomic E-state index is 11.5. The molecular formula is C9H6N2O5S. The van der Waals surface area contributed by atoms with Crippen molar-refractivity contribution in [2.75, 3.05) is 7.05 Å². The van der Waals surface area contributed by atoms with Gasteiger partial charge in [0.2, 0.25) is 0 Å². The van der Waals surface area contributed by atoms with Crippen LogP contribution in [0.4, 0.5) is 10.7 Å². The van der Waals surface area contributed by atoms with E-state index in [2.05, 4.69) is 0 Å². The van der Waals surface area contributed by atoms with E-state index in [4.69, 9.17) is 4.42 Å². The van der Waals surface area contributed by atoms with Crippen molar-refractivity contribution in [3.63, 3.8) is 0 Å². The van der Waals surface area contributed by atoms with Crippen LogP contribution in [0.2, 0.25) is 0 Å². The second-order valence-electron chi connectivity index (χ2n) is 3.17. The number of furan rings is 1. The Labute approximate surface area is 99.2 Å². The number of hydrogen-bond donors (Lipinski definition) is 0. The zero-order valence-corrected chi connectivity index (χ0v) is 9.39. The molecular weight excluding hydrogens is 248 g/mol. The highest BCUT2D eigenvalue weighted by molar-refractivity contribution is 8.18. The van der Waals surface area contributed by atoms with Gasteiger partial charge in [0.1, 0.15) is 10.7 Å². The Morgan fingerprint density at radius 3 is 2.65 bits per heavy atom. The molecule has 0 saturated carbocycles. The molecule has 17 heavy (non-hydrogen) atoms. The standard InChI is InChI=1S/C9H6N2O5S/c1-10-8(12)6(17-9(10)13)4-5-2-3-7(16-5)11(14)15/h2-4H,1H3/b6-4-. The molecule has 1 aromatic heterocycles. The molecule has 0 N–H and O–H groups in total. The van der Waals surface area contributed by atoms with Crippen LogP contribution < -0.4 is 0 Å². The molecule has 2 heterocycles. The lowest BCUT2D eigenvalue weighted by atomic mass is 10.4. The molecule has 0 aliphatic carbocycles. The molecule has 0 aromatic carbocycles. The van der Waals surface area contributed by atoms with Gasteiger partial charge in [0.25, 0.3) is 11.1 Å². The summed E-state index contributed by atoms with van der Waals surface area (Å²) in [6.45, 7) is 0. The first-order chi connectivity index (χ1) is 7.99. The second-order valence-corrected chi connectivity index (χ2v) is 4.17. The van der Waals surface area contributed by atoms with Crippen LogP contribution in [0.3, 0.4) is 0 Å². The Balaban J connectivity index is 2.28. The van der Waals surface area contributed by atoms with Gasteiger partial charge in [-0.2, -0.15) is 0 Å². The molecule has 1 aliphatic heterocycles. The number of hydrogen-bond acceptors (Lipinski definition) is 6. The van der Waals surface area contributed by atoms with Crippen LogP contribution in [0.25, 0.3) is 6.08 Å². The highest BCUT2D eigenvalue weighted by atomic mass is 32.2. The number of imide groups is 1. The lowest BCUT2D eigenvalue weighted by molar-refractivity contribution is -0.402. The molecule has 8 heteroatoms. The topological polar surface area (TPSA) is 93.7 Å². The van der Waals surface area contributed by atoms with E-state index in [0.29, 0.717) is 0 Å². The van der Waals surface area contributed by atoms with E-state index < -0.39 is 16.7 Å². The number of carbonyl (C=O) groups is 2. The molecule has 1 aliphatic rings. The van der Waals surface area contributed by atoms with Gasteiger partial charge in [-0.15, -0.1) is 0 Å². The van der Waals surface area contributed by atoms with E-state index in [0.717, 1.165) is 16.7 Å². The maximum Gasteiger partial charge on any atom is 0.433 e. The van der Waals surface area contributed by atoms with Crippen molar-refractivity contribution < 1.29 is 18.9 Å². The van der Waals surface area contributed by atoms with E-state index in [-0.39, 0.29) is 15.9 Å². The Morgan fingerprint density at radius 2 is 2.18 bits per heavy atom. The lowest BCUT2D eigenvalue weighted by Gasteiger charge is -2.00. The minimum atomic E-state index is -0.678. The highest BCUT2D eigenvalue weighted by Crippen LogP contribution is 2.31. The summed E-state index contributed by atoms with van der Waals surface area (Å²) in [5.41, 5.74) is 0. The third-order valence-corrected chi connectivity index (χ3v) is 3.01. The van der Waals surface area contributed by atoms with Gasteiger partial charge in [-0.3, -0.25) is 24.6 Å². The minimum Gasteiger partial charge on any atom is -0.401 e. The Morgan fingerprint density at radius 1 is 1.47 bits per heavy atom. The number of amides is 2. The van der Waals surface area contributed by atoms with Crippen LogP contribution >= 0.6 is 11.8 Å². The zero-order chi connectivity index (χ0) is 12.6. The van der Waals surface area contributed by atoms with Gasteiger partial charge in [0.15, 0.2) is 0 Å².